The Bertz CT molecular complexity index is 816. The van der Waals surface area contributed by atoms with Crippen LogP contribution in [0.4, 0.5) is 5.00 Å². The van der Waals surface area contributed by atoms with Crippen LogP contribution < -0.4 is 10.6 Å². The minimum atomic E-state index is -0.328. The van der Waals surface area contributed by atoms with Gasteiger partial charge in [-0.2, -0.15) is 0 Å². The van der Waals surface area contributed by atoms with Crippen LogP contribution in [0.2, 0.25) is 0 Å². The SMILES string of the molecule is CCOC(=O)c1c(NC(=S)NC(C)CCCC(C)C)sc(C)c1-c1ccccc1. The van der Waals surface area contributed by atoms with Crippen LogP contribution in [0.25, 0.3) is 11.1 Å². The number of thiophene rings is 1. The first kappa shape index (κ1) is 23.4. The van der Waals surface area contributed by atoms with Gasteiger partial charge in [0.2, 0.25) is 0 Å². The molecule has 1 aromatic heterocycles. The van der Waals surface area contributed by atoms with Gasteiger partial charge in [0, 0.05) is 16.5 Å². The van der Waals surface area contributed by atoms with E-state index in [0.717, 1.165) is 27.4 Å². The van der Waals surface area contributed by atoms with Crippen molar-refractivity contribution in [3.63, 3.8) is 0 Å². The third-order valence-electron chi connectivity index (χ3n) is 4.65. The lowest BCUT2D eigenvalue weighted by atomic mass is 10.0. The molecule has 0 bridgehead atoms. The van der Waals surface area contributed by atoms with E-state index in [1.807, 2.05) is 44.2 Å². The molecule has 0 amide bonds. The largest absolute Gasteiger partial charge is 0.462 e. The summed E-state index contributed by atoms with van der Waals surface area (Å²) in [7, 11) is 0. The summed E-state index contributed by atoms with van der Waals surface area (Å²) in [5.41, 5.74) is 2.46. The lowest BCUT2D eigenvalue weighted by molar-refractivity contribution is 0.0529. The second kappa shape index (κ2) is 11.3. The van der Waals surface area contributed by atoms with Crippen LogP contribution in [-0.4, -0.2) is 23.7 Å². The average molecular weight is 433 g/mol. The molecule has 2 rings (SSSR count). The van der Waals surface area contributed by atoms with Crippen molar-refractivity contribution >= 4 is 39.6 Å². The number of anilines is 1. The quantitative estimate of drug-likeness (QED) is 0.355. The summed E-state index contributed by atoms with van der Waals surface area (Å²) in [5.74, 6) is 0.385. The van der Waals surface area contributed by atoms with Gasteiger partial charge in [0.25, 0.3) is 0 Å². The summed E-state index contributed by atoms with van der Waals surface area (Å²) in [4.78, 5) is 13.8. The molecular formula is C23H32N2O2S2. The van der Waals surface area contributed by atoms with E-state index in [-0.39, 0.29) is 12.0 Å². The molecule has 1 atom stereocenters. The van der Waals surface area contributed by atoms with Crippen LogP contribution in [0.15, 0.2) is 30.3 Å². The van der Waals surface area contributed by atoms with E-state index in [0.29, 0.717) is 23.2 Å². The van der Waals surface area contributed by atoms with Crippen molar-refractivity contribution in [3.05, 3.63) is 40.8 Å². The van der Waals surface area contributed by atoms with Gasteiger partial charge >= 0.3 is 5.97 Å². The van der Waals surface area contributed by atoms with Crippen molar-refractivity contribution < 1.29 is 9.53 Å². The zero-order valence-electron chi connectivity index (χ0n) is 18.0. The molecule has 0 radical (unpaired) electrons. The molecule has 0 aliphatic heterocycles. The van der Waals surface area contributed by atoms with Crippen molar-refractivity contribution in [1.29, 1.82) is 0 Å². The molecule has 0 aliphatic carbocycles. The Hall–Kier alpha value is -1.92. The molecule has 2 N–H and O–H groups in total. The molecule has 1 aromatic carbocycles. The van der Waals surface area contributed by atoms with Crippen molar-refractivity contribution in [1.82, 2.24) is 5.32 Å². The van der Waals surface area contributed by atoms with Crippen LogP contribution >= 0.6 is 23.6 Å². The molecule has 2 aromatic rings. The number of hydrogen-bond donors (Lipinski definition) is 2. The van der Waals surface area contributed by atoms with Gasteiger partial charge in [-0.1, -0.05) is 57.0 Å². The fraction of sp³-hybridized carbons (Fsp3) is 0.478. The zero-order valence-corrected chi connectivity index (χ0v) is 19.6. The first-order valence-corrected chi connectivity index (χ1v) is 11.5. The van der Waals surface area contributed by atoms with Crippen LogP contribution in [-0.2, 0) is 4.74 Å². The number of esters is 1. The summed E-state index contributed by atoms with van der Waals surface area (Å²) in [6.45, 7) is 10.8. The van der Waals surface area contributed by atoms with Crippen molar-refractivity contribution in [2.45, 2.75) is 59.9 Å². The monoisotopic (exact) mass is 432 g/mol. The molecule has 0 aliphatic rings. The number of carbonyl (C=O) groups excluding carboxylic acids is 1. The molecule has 6 heteroatoms. The smallest absolute Gasteiger partial charge is 0.341 e. The number of ether oxygens (including phenoxy) is 1. The highest BCUT2D eigenvalue weighted by atomic mass is 32.1. The van der Waals surface area contributed by atoms with Gasteiger partial charge in [-0.15, -0.1) is 11.3 Å². The van der Waals surface area contributed by atoms with E-state index in [9.17, 15) is 4.79 Å². The number of aryl methyl sites for hydroxylation is 1. The molecule has 0 saturated carbocycles. The first-order chi connectivity index (χ1) is 13.8. The molecule has 0 spiro atoms. The number of hydrogen-bond acceptors (Lipinski definition) is 4. The highest BCUT2D eigenvalue weighted by molar-refractivity contribution is 7.80. The van der Waals surface area contributed by atoms with E-state index in [1.54, 1.807) is 0 Å². The molecular weight excluding hydrogens is 400 g/mol. The van der Waals surface area contributed by atoms with Crippen molar-refractivity contribution in [2.75, 3.05) is 11.9 Å². The predicted molar refractivity (Wildman–Crippen MR) is 128 cm³/mol. The summed E-state index contributed by atoms with van der Waals surface area (Å²) in [6, 6.07) is 10.2. The van der Waals surface area contributed by atoms with Crippen LogP contribution in [0.5, 0.6) is 0 Å². The number of thiocarbonyl (C=S) groups is 1. The highest BCUT2D eigenvalue weighted by Gasteiger charge is 2.25. The molecule has 29 heavy (non-hydrogen) atoms. The third-order valence-corrected chi connectivity index (χ3v) is 5.89. The molecule has 4 nitrogen and oxygen atoms in total. The Kier molecular flexibility index (Phi) is 9.11. The minimum absolute atomic E-state index is 0.273. The molecule has 1 unspecified atom stereocenters. The maximum absolute atomic E-state index is 12.8. The summed E-state index contributed by atoms with van der Waals surface area (Å²) < 4.78 is 5.35. The average Bonchev–Trinajstić information content (AvgIpc) is 2.97. The number of carbonyl (C=O) groups is 1. The Morgan fingerprint density at radius 2 is 1.86 bits per heavy atom. The maximum Gasteiger partial charge on any atom is 0.341 e. The number of nitrogens with one attached hydrogen (secondary N) is 2. The van der Waals surface area contributed by atoms with E-state index in [1.165, 1.54) is 24.2 Å². The normalized spacial score (nSPS) is 11.9. The number of benzene rings is 1. The summed E-state index contributed by atoms with van der Waals surface area (Å²) in [5, 5.41) is 7.86. The number of rotatable bonds is 9. The first-order valence-electron chi connectivity index (χ1n) is 10.3. The van der Waals surface area contributed by atoms with Gasteiger partial charge in [-0.25, -0.2) is 4.79 Å². The second-order valence-corrected chi connectivity index (χ2v) is 9.28. The maximum atomic E-state index is 12.8. The lowest BCUT2D eigenvalue weighted by Crippen LogP contribution is -2.36. The Labute approximate surface area is 184 Å². The van der Waals surface area contributed by atoms with Gasteiger partial charge in [-0.3, -0.25) is 0 Å². The molecule has 0 saturated heterocycles. The van der Waals surface area contributed by atoms with Gasteiger partial charge in [0.1, 0.15) is 10.6 Å². The zero-order chi connectivity index (χ0) is 21.4. The fourth-order valence-corrected chi connectivity index (χ4v) is 4.69. The van der Waals surface area contributed by atoms with Crippen LogP contribution in [0.1, 0.15) is 62.2 Å². The minimum Gasteiger partial charge on any atom is -0.462 e. The Morgan fingerprint density at radius 1 is 1.17 bits per heavy atom. The molecule has 0 fully saturated rings. The second-order valence-electron chi connectivity index (χ2n) is 7.65. The van der Waals surface area contributed by atoms with Gasteiger partial charge in [-0.05, 0) is 50.9 Å². The van der Waals surface area contributed by atoms with E-state index < -0.39 is 0 Å². The van der Waals surface area contributed by atoms with E-state index in [2.05, 4.69) is 31.4 Å². The topological polar surface area (TPSA) is 50.4 Å². The molecule has 1 heterocycles. The van der Waals surface area contributed by atoms with Gasteiger partial charge in [0.15, 0.2) is 5.11 Å². The van der Waals surface area contributed by atoms with Gasteiger partial charge < -0.3 is 15.4 Å². The van der Waals surface area contributed by atoms with Crippen LogP contribution in [0, 0.1) is 12.8 Å². The Morgan fingerprint density at radius 3 is 2.48 bits per heavy atom. The van der Waals surface area contributed by atoms with E-state index in [4.69, 9.17) is 17.0 Å². The van der Waals surface area contributed by atoms with E-state index >= 15 is 0 Å². The molecule has 158 valence electrons. The Balaban J connectivity index is 2.19. The third kappa shape index (κ3) is 6.82. The summed E-state index contributed by atoms with van der Waals surface area (Å²) >= 11 is 7.05. The van der Waals surface area contributed by atoms with Gasteiger partial charge in [0.05, 0.1) is 6.61 Å². The van der Waals surface area contributed by atoms with Crippen molar-refractivity contribution in [2.24, 2.45) is 5.92 Å². The lowest BCUT2D eigenvalue weighted by Gasteiger charge is -2.17. The fourth-order valence-electron chi connectivity index (χ4n) is 3.25. The van der Waals surface area contributed by atoms with Crippen LogP contribution in [0.3, 0.4) is 0 Å². The van der Waals surface area contributed by atoms with Crippen molar-refractivity contribution in [3.8, 4) is 11.1 Å². The highest BCUT2D eigenvalue weighted by Crippen LogP contribution is 2.40. The predicted octanol–water partition coefficient (Wildman–Crippen LogP) is 6.40. The standard InChI is InChI=1S/C23H32N2O2S2/c1-6-27-22(26)20-19(18-13-8-7-9-14-18)17(5)29-21(20)25-23(28)24-16(4)12-10-11-15(2)3/h7-9,13-16H,6,10-12H2,1-5H3,(H2,24,25,28). The summed E-state index contributed by atoms with van der Waals surface area (Å²) in [6.07, 6.45) is 3.44.